The molecule has 2 aromatic carbocycles. The highest BCUT2D eigenvalue weighted by Crippen LogP contribution is 2.23. The Labute approximate surface area is 118 Å². The van der Waals surface area contributed by atoms with Crippen molar-refractivity contribution in [1.82, 2.24) is 0 Å². The molecule has 5 nitrogen and oxygen atoms in total. The summed E-state index contributed by atoms with van der Waals surface area (Å²) in [5.41, 5.74) is -0.190. The highest BCUT2D eigenvalue weighted by molar-refractivity contribution is 6.34. The third-order valence-electron chi connectivity index (χ3n) is 2.53. The van der Waals surface area contributed by atoms with Gasteiger partial charge in [-0.25, -0.2) is 4.39 Å². The number of non-ortho nitro benzene ring substituents is 1. The van der Waals surface area contributed by atoms with Crippen molar-refractivity contribution in [2.75, 3.05) is 5.32 Å². The van der Waals surface area contributed by atoms with Crippen molar-refractivity contribution in [1.29, 1.82) is 0 Å². The van der Waals surface area contributed by atoms with Crippen LogP contribution in [0.15, 0.2) is 42.5 Å². The van der Waals surface area contributed by atoms with Crippen LogP contribution in [0, 0.1) is 15.9 Å². The number of amides is 1. The number of para-hydroxylation sites is 1. The Bertz CT molecular complexity index is 691. The molecule has 102 valence electrons. The molecule has 0 radical (unpaired) electrons. The van der Waals surface area contributed by atoms with E-state index in [0.717, 1.165) is 12.1 Å². The standard InChI is InChI=1S/C13H8ClFN2O3/c14-10-7-8(17(19)20)5-6-9(10)13(18)16-12-4-2-1-3-11(12)15/h1-7H,(H,16,18). The van der Waals surface area contributed by atoms with E-state index in [4.69, 9.17) is 11.6 Å². The number of carbonyl (C=O) groups is 1. The number of anilines is 1. The second-order valence-electron chi connectivity index (χ2n) is 3.86. The van der Waals surface area contributed by atoms with Crippen molar-refractivity contribution in [3.8, 4) is 0 Å². The Hall–Kier alpha value is -2.47. The summed E-state index contributed by atoms with van der Waals surface area (Å²) >= 11 is 5.82. The monoisotopic (exact) mass is 294 g/mol. The minimum absolute atomic E-state index is 0.00641. The van der Waals surface area contributed by atoms with Gasteiger partial charge in [-0.15, -0.1) is 0 Å². The van der Waals surface area contributed by atoms with Gasteiger partial charge < -0.3 is 5.32 Å². The summed E-state index contributed by atoms with van der Waals surface area (Å²) in [6, 6.07) is 9.09. The number of nitro benzene ring substituents is 1. The Morgan fingerprint density at radius 2 is 1.95 bits per heavy atom. The van der Waals surface area contributed by atoms with Gasteiger partial charge in [-0.3, -0.25) is 14.9 Å². The van der Waals surface area contributed by atoms with Gasteiger partial charge in [0.25, 0.3) is 11.6 Å². The van der Waals surface area contributed by atoms with Crippen LogP contribution in [0.5, 0.6) is 0 Å². The van der Waals surface area contributed by atoms with E-state index in [1.807, 2.05) is 0 Å². The van der Waals surface area contributed by atoms with Crippen LogP contribution in [0.1, 0.15) is 10.4 Å². The molecule has 0 aromatic heterocycles. The predicted octanol–water partition coefficient (Wildman–Crippen LogP) is 3.64. The molecule has 7 heteroatoms. The molecule has 0 saturated carbocycles. The average Bonchev–Trinajstić information content (AvgIpc) is 2.41. The summed E-state index contributed by atoms with van der Waals surface area (Å²) in [6.07, 6.45) is 0. The lowest BCUT2D eigenvalue weighted by Crippen LogP contribution is -2.13. The van der Waals surface area contributed by atoms with Crippen LogP contribution in [-0.4, -0.2) is 10.8 Å². The van der Waals surface area contributed by atoms with Gasteiger partial charge in [-0.05, 0) is 18.2 Å². The fraction of sp³-hybridized carbons (Fsp3) is 0. The maximum absolute atomic E-state index is 13.4. The molecule has 0 fully saturated rings. The van der Waals surface area contributed by atoms with Crippen LogP contribution in [0.3, 0.4) is 0 Å². The molecule has 0 aliphatic rings. The number of carbonyl (C=O) groups excluding carboxylic acids is 1. The quantitative estimate of drug-likeness (QED) is 0.694. The molecule has 0 saturated heterocycles. The Balaban J connectivity index is 2.26. The van der Waals surface area contributed by atoms with Crippen LogP contribution in [0.2, 0.25) is 5.02 Å². The van der Waals surface area contributed by atoms with Crippen molar-refractivity contribution in [3.63, 3.8) is 0 Å². The summed E-state index contributed by atoms with van der Waals surface area (Å²) in [7, 11) is 0. The number of hydrogen-bond acceptors (Lipinski definition) is 3. The van der Waals surface area contributed by atoms with E-state index in [1.54, 1.807) is 6.07 Å². The number of nitrogens with one attached hydrogen (secondary N) is 1. The first-order chi connectivity index (χ1) is 9.49. The second kappa shape index (κ2) is 5.66. The van der Waals surface area contributed by atoms with Gasteiger partial charge in [-0.2, -0.15) is 0 Å². The lowest BCUT2D eigenvalue weighted by Gasteiger charge is -2.07. The maximum Gasteiger partial charge on any atom is 0.270 e. The van der Waals surface area contributed by atoms with E-state index < -0.39 is 16.6 Å². The number of nitro groups is 1. The fourth-order valence-electron chi connectivity index (χ4n) is 1.55. The molecule has 0 bridgehead atoms. The number of rotatable bonds is 3. The molecule has 0 aliphatic heterocycles. The smallest absolute Gasteiger partial charge is 0.270 e. The number of benzene rings is 2. The van der Waals surface area contributed by atoms with Crippen LogP contribution >= 0.6 is 11.6 Å². The molecule has 0 heterocycles. The number of nitrogens with zero attached hydrogens (tertiary/aromatic N) is 1. The van der Waals surface area contributed by atoms with E-state index in [1.165, 1.54) is 24.3 Å². The third-order valence-corrected chi connectivity index (χ3v) is 2.84. The van der Waals surface area contributed by atoms with Gasteiger partial charge in [0.05, 0.1) is 21.2 Å². The van der Waals surface area contributed by atoms with Crippen LogP contribution in [-0.2, 0) is 0 Å². The van der Waals surface area contributed by atoms with Crippen molar-refractivity contribution in [2.45, 2.75) is 0 Å². The van der Waals surface area contributed by atoms with E-state index in [2.05, 4.69) is 5.32 Å². The average molecular weight is 295 g/mol. The second-order valence-corrected chi connectivity index (χ2v) is 4.26. The van der Waals surface area contributed by atoms with Crippen molar-refractivity contribution in [2.24, 2.45) is 0 Å². The number of halogens is 2. The summed E-state index contributed by atoms with van der Waals surface area (Å²) in [4.78, 5) is 21.9. The lowest BCUT2D eigenvalue weighted by molar-refractivity contribution is -0.384. The zero-order valence-electron chi connectivity index (χ0n) is 9.97. The van der Waals surface area contributed by atoms with Crippen molar-refractivity contribution >= 4 is 28.9 Å². The van der Waals surface area contributed by atoms with Gasteiger partial charge in [0, 0.05) is 12.1 Å². The van der Waals surface area contributed by atoms with Crippen LogP contribution < -0.4 is 5.32 Å². The first-order valence-corrected chi connectivity index (χ1v) is 5.86. The molecule has 0 spiro atoms. The number of hydrogen-bond donors (Lipinski definition) is 1. The third kappa shape index (κ3) is 2.92. The molecular weight excluding hydrogens is 287 g/mol. The predicted molar refractivity (Wildman–Crippen MR) is 72.5 cm³/mol. The Kier molecular flexibility index (Phi) is 3.95. The summed E-state index contributed by atoms with van der Waals surface area (Å²) < 4.78 is 13.4. The fourth-order valence-corrected chi connectivity index (χ4v) is 1.81. The molecule has 2 aromatic rings. The van der Waals surface area contributed by atoms with Crippen LogP contribution in [0.4, 0.5) is 15.8 Å². The van der Waals surface area contributed by atoms with E-state index >= 15 is 0 Å². The van der Waals surface area contributed by atoms with Gasteiger partial charge in [0.15, 0.2) is 0 Å². The maximum atomic E-state index is 13.4. The highest BCUT2D eigenvalue weighted by Gasteiger charge is 2.15. The minimum Gasteiger partial charge on any atom is -0.319 e. The SMILES string of the molecule is O=C(Nc1ccccc1F)c1ccc([N+](=O)[O-])cc1Cl. The first-order valence-electron chi connectivity index (χ1n) is 5.49. The topological polar surface area (TPSA) is 72.2 Å². The van der Waals surface area contributed by atoms with Gasteiger partial charge in [-0.1, -0.05) is 23.7 Å². The zero-order valence-corrected chi connectivity index (χ0v) is 10.7. The van der Waals surface area contributed by atoms with Crippen molar-refractivity contribution in [3.05, 3.63) is 69.0 Å². The molecule has 1 N–H and O–H groups in total. The van der Waals surface area contributed by atoms with Gasteiger partial charge in [0.1, 0.15) is 5.82 Å². The van der Waals surface area contributed by atoms with Gasteiger partial charge in [0.2, 0.25) is 0 Å². The van der Waals surface area contributed by atoms with Gasteiger partial charge >= 0.3 is 0 Å². The lowest BCUT2D eigenvalue weighted by atomic mass is 10.2. The largest absolute Gasteiger partial charge is 0.319 e. The Morgan fingerprint density at radius 3 is 2.55 bits per heavy atom. The Morgan fingerprint density at radius 1 is 1.25 bits per heavy atom. The molecule has 1 amide bonds. The highest BCUT2D eigenvalue weighted by atomic mass is 35.5. The molecule has 2 rings (SSSR count). The summed E-state index contributed by atoms with van der Waals surface area (Å²) in [6.45, 7) is 0. The van der Waals surface area contributed by atoms with E-state index in [9.17, 15) is 19.3 Å². The van der Waals surface area contributed by atoms with E-state index in [-0.39, 0.29) is 22.0 Å². The summed E-state index contributed by atoms with van der Waals surface area (Å²) in [5, 5.41) is 12.8. The van der Waals surface area contributed by atoms with Crippen molar-refractivity contribution < 1.29 is 14.1 Å². The first kappa shape index (κ1) is 14.0. The van der Waals surface area contributed by atoms with Crippen LogP contribution in [0.25, 0.3) is 0 Å². The summed E-state index contributed by atoms with van der Waals surface area (Å²) in [5.74, 6) is -1.23. The normalized spacial score (nSPS) is 10.1. The van der Waals surface area contributed by atoms with E-state index in [0.29, 0.717) is 0 Å². The molecule has 20 heavy (non-hydrogen) atoms. The zero-order chi connectivity index (χ0) is 14.7. The molecule has 0 atom stereocenters. The molecule has 0 unspecified atom stereocenters. The molecule has 0 aliphatic carbocycles. The molecular formula is C13H8ClFN2O3. The minimum atomic E-state index is -0.644.